The van der Waals surface area contributed by atoms with Gasteiger partial charge in [-0.25, -0.2) is 9.98 Å². The molecule has 3 N–H and O–H groups in total. The van der Waals surface area contributed by atoms with Gasteiger partial charge in [0.15, 0.2) is 5.96 Å². The first-order valence-electron chi connectivity index (χ1n) is 7.28. The number of halogens is 4. The average molecular weight is 481 g/mol. The Labute approximate surface area is 166 Å². The molecule has 1 aromatic carbocycles. The first-order valence-corrected chi connectivity index (χ1v) is 7.28. The average Bonchev–Trinajstić information content (AvgIpc) is 2.54. The van der Waals surface area contributed by atoms with E-state index in [1.165, 1.54) is 24.3 Å². The normalized spacial score (nSPS) is 11.5. The van der Waals surface area contributed by atoms with E-state index in [-0.39, 0.29) is 35.7 Å². The number of aromatic nitrogens is 1. The number of ether oxygens (including phenoxy) is 1. The fraction of sp³-hybridized carbons (Fsp3) is 0.250. The zero-order valence-corrected chi connectivity index (χ0v) is 16.4. The Hall–Kier alpha value is -2.24. The monoisotopic (exact) mass is 481 g/mol. The molecule has 26 heavy (non-hydrogen) atoms. The van der Waals surface area contributed by atoms with Gasteiger partial charge >= 0.3 is 6.36 Å². The van der Waals surface area contributed by atoms with Gasteiger partial charge in [-0.3, -0.25) is 0 Å². The molecular formula is C16H19F3IN5O. The lowest BCUT2D eigenvalue weighted by molar-refractivity contribution is -0.274. The molecule has 1 aromatic heterocycles. The minimum Gasteiger partial charge on any atom is -0.406 e. The molecule has 0 saturated carbocycles. The number of nitrogens with zero attached hydrogens (tertiary/aromatic N) is 3. The van der Waals surface area contributed by atoms with Crippen LogP contribution in [-0.2, 0) is 6.54 Å². The first kappa shape index (κ1) is 21.8. The topological polar surface area (TPSA) is 75.8 Å². The standard InChI is InChI=1S/C16H18F3N5O.HI/c1-24(2)14-9-11(7-8-21-14)10-22-15(20)23-12-3-5-13(6-4-12)25-16(17,18)19;/h3-9H,10H2,1-2H3,(H3,20,22,23);1H. The maximum atomic E-state index is 12.1. The van der Waals surface area contributed by atoms with E-state index in [9.17, 15) is 13.2 Å². The van der Waals surface area contributed by atoms with Crippen LogP contribution >= 0.6 is 24.0 Å². The van der Waals surface area contributed by atoms with Gasteiger partial charge in [-0.2, -0.15) is 0 Å². The quantitative estimate of drug-likeness (QED) is 0.388. The Balaban J connectivity index is 0.00000338. The van der Waals surface area contributed by atoms with E-state index >= 15 is 0 Å². The number of nitrogens with two attached hydrogens (primary N) is 1. The molecule has 0 aliphatic carbocycles. The summed E-state index contributed by atoms with van der Waals surface area (Å²) in [4.78, 5) is 10.3. The third-order valence-electron chi connectivity index (χ3n) is 3.06. The summed E-state index contributed by atoms with van der Waals surface area (Å²) in [6.45, 7) is 0.345. The third kappa shape index (κ3) is 7.33. The van der Waals surface area contributed by atoms with Crippen molar-refractivity contribution in [3.63, 3.8) is 0 Å². The minimum absolute atomic E-state index is 0. The molecule has 0 aliphatic heterocycles. The summed E-state index contributed by atoms with van der Waals surface area (Å²) in [5.74, 6) is 0.647. The molecule has 0 fully saturated rings. The van der Waals surface area contributed by atoms with E-state index in [0.717, 1.165) is 11.4 Å². The number of guanidine groups is 1. The van der Waals surface area contributed by atoms with Crippen LogP contribution in [0.4, 0.5) is 24.7 Å². The van der Waals surface area contributed by atoms with Crippen molar-refractivity contribution < 1.29 is 17.9 Å². The van der Waals surface area contributed by atoms with Crippen LogP contribution in [-0.4, -0.2) is 31.4 Å². The molecule has 1 heterocycles. The van der Waals surface area contributed by atoms with Crippen LogP contribution in [0.1, 0.15) is 5.56 Å². The van der Waals surface area contributed by atoms with Gasteiger partial charge in [-0.1, -0.05) is 0 Å². The molecular weight excluding hydrogens is 462 g/mol. The maximum Gasteiger partial charge on any atom is 0.573 e. The number of rotatable bonds is 5. The highest BCUT2D eigenvalue weighted by molar-refractivity contribution is 14.0. The van der Waals surface area contributed by atoms with E-state index in [2.05, 4.69) is 20.0 Å². The Morgan fingerprint density at radius 2 is 1.88 bits per heavy atom. The third-order valence-corrected chi connectivity index (χ3v) is 3.06. The number of hydrogen-bond acceptors (Lipinski definition) is 4. The lowest BCUT2D eigenvalue weighted by Crippen LogP contribution is -2.22. The predicted octanol–water partition coefficient (Wildman–Crippen LogP) is 3.59. The number of anilines is 2. The van der Waals surface area contributed by atoms with Crippen LogP contribution in [0.2, 0.25) is 0 Å². The summed E-state index contributed by atoms with van der Waals surface area (Å²) in [5, 5.41) is 2.80. The zero-order chi connectivity index (χ0) is 18.4. The first-order chi connectivity index (χ1) is 11.7. The van der Waals surface area contributed by atoms with Gasteiger partial charge in [0.05, 0.1) is 6.54 Å². The summed E-state index contributed by atoms with van der Waals surface area (Å²) in [7, 11) is 3.77. The Morgan fingerprint density at radius 3 is 2.46 bits per heavy atom. The van der Waals surface area contributed by atoms with Gasteiger partial charge in [0.1, 0.15) is 11.6 Å². The van der Waals surface area contributed by atoms with Crippen molar-refractivity contribution in [2.45, 2.75) is 12.9 Å². The van der Waals surface area contributed by atoms with Gasteiger partial charge in [-0.15, -0.1) is 37.1 Å². The second kappa shape index (κ2) is 9.46. The largest absolute Gasteiger partial charge is 0.573 e. The second-order valence-corrected chi connectivity index (χ2v) is 5.32. The summed E-state index contributed by atoms with van der Waals surface area (Å²) in [6, 6.07) is 8.93. The zero-order valence-electron chi connectivity index (χ0n) is 14.1. The van der Waals surface area contributed by atoms with Crippen LogP contribution < -0.4 is 20.7 Å². The van der Waals surface area contributed by atoms with Crippen molar-refractivity contribution in [2.24, 2.45) is 10.7 Å². The van der Waals surface area contributed by atoms with Gasteiger partial charge in [0, 0.05) is 26.0 Å². The molecule has 0 unspecified atom stereocenters. The lowest BCUT2D eigenvalue weighted by Gasteiger charge is -2.12. The van der Waals surface area contributed by atoms with Crippen molar-refractivity contribution in [3.05, 3.63) is 48.2 Å². The van der Waals surface area contributed by atoms with Gasteiger partial charge < -0.3 is 20.7 Å². The van der Waals surface area contributed by atoms with Crippen molar-refractivity contribution in [1.82, 2.24) is 4.98 Å². The fourth-order valence-electron chi connectivity index (χ4n) is 1.91. The number of nitrogens with one attached hydrogen (secondary N) is 1. The Bertz CT molecular complexity index is 735. The highest BCUT2D eigenvalue weighted by Gasteiger charge is 2.30. The minimum atomic E-state index is -4.72. The maximum absolute atomic E-state index is 12.1. The van der Waals surface area contributed by atoms with Crippen LogP contribution in [0, 0.1) is 0 Å². The Morgan fingerprint density at radius 1 is 1.23 bits per heavy atom. The fourth-order valence-corrected chi connectivity index (χ4v) is 1.91. The van der Waals surface area contributed by atoms with Crippen molar-refractivity contribution in [2.75, 3.05) is 24.3 Å². The molecule has 10 heteroatoms. The molecule has 0 saturated heterocycles. The number of alkyl halides is 3. The van der Waals surface area contributed by atoms with Crippen LogP contribution in [0.3, 0.4) is 0 Å². The molecule has 0 atom stereocenters. The van der Waals surface area contributed by atoms with Gasteiger partial charge in [0.2, 0.25) is 0 Å². The number of pyridine rings is 1. The molecule has 0 amide bonds. The number of aliphatic imine (C=N–C) groups is 1. The molecule has 0 bridgehead atoms. The van der Waals surface area contributed by atoms with E-state index in [1.54, 1.807) is 6.20 Å². The summed E-state index contributed by atoms with van der Waals surface area (Å²) >= 11 is 0. The molecule has 2 aromatic rings. The van der Waals surface area contributed by atoms with Crippen molar-refractivity contribution in [1.29, 1.82) is 0 Å². The summed E-state index contributed by atoms with van der Waals surface area (Å²) < 4.78 is 40.1. The highest BCUT2D eigenvalue weighted by Crippen LogP contribution is 2.23. The number of benzene rings is 1. The second-order valence-electron chi connectivity index (χ2n) is 5.32. The summed E-state index contributed by atoms with van der Waals surface area (Å²) in [6.07, 6.45) is -3.03. The van der Waals surface area contributed by atoms with Gasteiger partial charge in [-0.05, 0) is 42.0 Å². The van der Waals surface area contributed by atoms with Crippen molar-refractivity contribution in [3.8, 4) is 5.75 Å². The van der Waals surface area contributed by atoms with Crippen molar-refractivity contribution >= 4 is 41.4 Å². The molecule has 142 valence electrons. The molecule has 0 spiro atoms. The molecule has 2 rings (SSSR count). The predicted molar refractivity (Wildman–Crippen MR) is 106 cm³/mol. The molecule has 0 aliphatic rings. The SMILES string of the molecule is CN(C)c1cc(CN=C(N)Nc2ccc(OC(F)(F)F)cc2)ccn1.I. The summed E-state index contributed by atoms with van der Waals surface area (Å²) in [5.41, 5.74) is 7.22. The van der Waals surface area contributed by atoms with Gasteiger partial charge in [0.25, 0.3) is 0 Å². The van der Waals surface area contributed by atoms with E-state index < -0.39 is 6.36 Å². The van der Waals surface area contributed by atoms with Crippen LogP contribution in [0.5, 0.6) is 5.75 Å². The van der Waals surface area contributed by atoms with Crippen LogP contribution in [0.15, 0.2) is 47.6 Å². The molecule has 6 nitrogen and oxygen atoms in total. The van der Waals surface area contributed by atoms with E-state index in [0.29, 0.717) is 12.2 Å². The molecule has 0 radical (unpaired) electrons. The van der Waals surface area contributed by atoms with E-state index in [1.807, 2.05) is 31.1 Å². The highest BCUT2D eigenvalue weighted by atomic mass is 127. The number of hydrogen-bond donors (Lipinski definition) is 2. The smallest absolute Gasteiger partial charge is 0.406 e. The van der Waals surface area contributed by atoms with E-state index in [4.69, 9.17) is 5.73 Å². The Kier molecular flexibility index (Phi) is 7.93. The lowest BCUT2D eigenvalue weighted by atomic mass is 10.2. The van der Waals surface area contributed by atoms with Crippen LogP contribution in [0.25, 0.3) is 0 Å².